The number of hydrogen-bond acceptors (Lipinski definition) is 1. The SMILES string of the molecule is C#CCCSCC(C)CC. The van der Waals surface area contributed by atoms with E-state index in [9.17, 15) is 0 Å². The summed E-state index contributed by atoms with van der Waals surface area (Å²) in [5.41, 5.74) is 0. The zero-order valence-electron chi connectivity index (χ0n) is 6.89. The molecule has 0 aliphatic carbocycles. The normalized spacial score (nSPS) is 12.5. The summed E-state index contributed by atoms with van der Waals surface area (Å²) in [5, 5.41) is 0. The second-order valence-corrected chi connectivity index (χ2v) is 3.69. The topological polar surface area (TPSA) is 0 Å². The second-order valence-electron chi connectivity index (χ2n) is 2.54. The first-order valence-electron chi connectivity index (χ1n) is 3.82. The van der Waals surface area contributed by atoms with Crippen molar-refractivity contribution in [2.45, 2.75) is 26.7 Å². The van der Waals surface area contributed by atoms with E-state index in [1.54, 1.807) is 0 Å². The Labute approximate surface area is 68.8 Å². The lowest BCUT2D eigenvalue weighted by Crippen LogP contribution is -1.95. The lowest BCUT2D eigenvalue weighted by molar-refractivity contribution is 0.637. The highest BCUT2D eigenvalue weighted by molar-refractivity contribution is 7.99. The van der Waals surface area contributed by atoms with Gasteiger partial charge in [-0.05, 0) is 11.7 Å². The summed E-state index contributed by atoms with van der Waals surface area (Å²) in [6, 6.07) is 0. The Morgan fingerprint density at radius 1 is 1.60 bits per heavy atom. The van der Waals surface area contributed by atoms with Crippen molar-refractivity contribution >= 4 is 11.8 Å². The van der Waals surface area contributed by atoms with Crippen molar-refractivity contribution < 1.29 is 0 Å². The third-order valence-corrected chi connectivity index (χ3v) is 2.79. The van der Waals surface area contributed by atoms with Gasteiger partial charge in [-0.25, -0.2) is 0 Å². The van der Waals surface area contributed by atoms with Gasteiger partial charge in [0.2, 0.25) is 0 Å². The van der Waals surface area contributed by atoms with E-state index < -0.39 is 0 Å². The Morgan fingerprint density at radius 3 is 2.80 bits per heavy atom. The average molecular weight is 156 g/mol. The summed E-state index contributed by atoms with van der Waals surface area (Å²) < 4.78 is 0. The van der Waals surface area contributed by atoms with Crippen LogP contribution in [0.3, 0.4) is 0 Å². The minimum absolute atomic E-state index is 0.850. The summed E-state index contributed by atoms with van der Waals surface area (Å²) in [6.07, 6.45) is 7.31. The molecule has 0 heterocycles. The largest absolute Gasteiger partial charge is 0.161 e. The zero-order chi connectivity index (χ0) is 7.82. The van der Waals surface area contributed by atoms with E-state index in [4.69, 9.17) is 6.42 Å². The van der Waals surface area contributed by atoms with Gasteiger partial charge >= 0.3 is 0 Å². The van der Waals surface area contributed by atoms with Crippen LogP contribution in [0.4, 0.5) is 0 Å². The van der Waals surface area contributed by atoms with Crippen molar-refractivity contribution in [3.8, 4) is 12.3 Å². The van der Waals surface area contributed by atoms with Crippen LogP contribution in [0, 0.1) is 18.3 Å². The van der Waals surface area contributed by atoms with Crippen molar-refractivity contribution in [2.24, 2.45) is 5.92 Å². The standard InChI is InChI=1S/C9H16S/c1-4-6-7-10-8-9(3)5-2/h1,9H,5-8H2,2-3H3. The summed E-state index contributed by atoms with van der Waals surface area (Å²) in [6.45, 7) is 4.51. The van der Waals surface area contributed by atoms with Gasteiger partial charge in [0.1, 0.15) is 0 Å². The van der Waals surface area contributed by atoms with Gasteiger partial charge in [-0.2, -0.15) is 11.8 Å². The van der Waals surface area contributed by atoms with Crippen LogP contribution >= 0.6 is 11.8 Å². The second kappa shape index (κ2) is 7.02. The van der Waals surface area contributed by atoms with Crippen LogP contribution in [0.25, 0.3) is 0 Å². The Morgan fingerprint density at radius 2 is 2.30 bits per heavy atom. The van der Waals surface area contributed by atoms with Crippen LogP contribution < -0.4 is 0 Å². The van der Waals surface area contributed by atoms with Gasteiger partial charge in [0.15, 0.2) is 0 Å². The van der Waals surface area contributed by atoms with Crippen molar-refractivity contribution in [2.75, 3.05) is 11.5 Å². The fourth-order valence-corrected chi connectivity index (χ4v) is 1.60. The molecule has 1 heteroatoms. The summed E-state index contributed by atoms with van der Waals surface area (Å²) in [5.74, 6) is 5.88. The van der Waals surface area contributed by atoms with E-state index in [2.05, 4.69) is 19.8 Å². The molecule has 0 aromatic carbocycles. The molecule has 0 bridgehead atoms. The predicted molar refractivity (Wildman–Crippen MR) is 50.2 cm³/mol. The molecule has 0 fully saturated rings. The fourth-order valence-electron chi connectivity index (χ4n) is 0.533. The molecule has 0 aliphatic heterocycles. The quantitative estimate of drug-likeness (QED) is 0.435. The molecule has 0 N–H and O–H groups in total. The Kier molecular flexibility index (Phi) is 6.96. The molecule has 0 aliphatic rings. The Bertz CT molecular complexity index is 102. The third-order valence-electron chi connectivity index (χ3n) is 1.49. The van der Waals surface area contributed by atoms with Crippen LogP contribution in [0.5, 0.6) is 0 Å². The van der Waals surface area contributed by atoms with Gasteiger partial charge in [-0.3, -0.25) is 0 Å². The van der Waals surface area contributed by atoms with Crippen LogP contribution in [-0.2, 0) is 0 Å². The van der Waals surface area contributed by atoms with Gasteiger partial charge in [-0.1, -0.05) is 20.3 Å². The van der Waals surface area contributed by atoms with E-state index in [1.807, 2.05) is 11.8 Å². The molecule has 0 radical (unpaired) electrons. The first kappa shape index (κ1) is 9.91. The lowest BCUT2D eigenvalue weighted by atomic mass is 10.2. The maximum Gasteiger partial charge on any atom is 0.0177 e. The highest BCUT2D eigenvalue weighted by Gasteiger charge is 1.96. The lowest BCUT2D eigenvalue weighted by Gasteiger charge is -2.05. The molecule has 0 nitrogen and oxygen atoms in total. The van der Waals surface area contributed by atoms with Crippen molar-refractivity contribution in [3.63, 3.8) is 0 Å². The number of rotatable bonds is 5. The summed E-state index contributed by atoms with van der Waals surface area (Å²) in [4.78, 5) is 0. The van der Waals surface area contributed by atoms with Crippen LogP contribution in [0.2, 0.25) is 0 Å². The van der Waals surface area contributed by atoms with Crippen LogP contribution in [0.1, 0.15) is 26.7 Å². The van der Waals surface area contributed by atoms with E-state index in [1.165, 1.54) is 12.2 Å². The van der Waals surface area contributed by atoms with Crippen molar-refractivity contribution in [3.05, 3.63) is 0 Å². The van der Waals surface area contributed by atoms with Crippen molar-refractivity contribution in [1.82, 2.24) is 0 Å². The molecule has 58 valence electrons. The smallest absolute Gasteiger partial charge is 0.0177 e. The third kappa shape index (κ3) is 6.04. The molecular formula is C9H16S. The Balaban J connectivity index is 2.98. The highest BCUT2D eigenvalue weighted by Crippen LogP contribution is 2.11. The molecule has 0 aromatic heterocycles. The summed E-state index contributed by atoms with van der Waals surface area (Å²) >= 11 is 1.97. The number of hydrogen-bond donors (Lipinski definition) is 0. The van der Waals surface area contributed by atoms with Gasteiger partial charge in [0, 0.05) is 12.2 Å². The molecule has 0 aromatic rings. The van der Waals surface area contributed by atoms with Crippen LogP contribution in [0.15, 0.2) is 0 Å². The van der Waals surface area contributed by atoms with Crippen LogP contribution in [-0.4, -0.2) is 11.5 Å². The molecule has 1 atom stereocenters. The predicted octanol–water partition coefficient (Wildman–Crippen LogP) is 2.79. The maximum absolute atomic E-state index is 5.11. The number of terminal acetylenes is 1. The molecule has 1 unspecified atom stereocenters. The van der Waals surface area contributed by atoms with E-state index in [0.29, 0.717) is 0 Å². The van der Waals surface area contributed by atoms with E-state index >= 15 is 0 Å². The molecule has 10 heavy (non-hydrogen) atoms. The molecule has 0 rings (SSSR count). The average Bonchev–Trinajstić information content (AvgIpc) is 1.98. The molecule has 0 saturated carbocycles. The molecule has 0 amide bonds. The van der Waals surface area contributed by atoms with E-state index in [-0.39, 0.29) is 0 Å². The minimum atomic E-state index is 0.850. The monoisotopic (exact) mass is 156 g/mol. The molecule has 0 spiro atoms. The number of thioether (sulfide) groups is 1. The first-order chi connectivity index (χ1) is 4.81. The minimum Gasteiger partial charge on any atom is -0.161 e. The zero-order valence-corrected chi connectivity index (χ0v) is 7.71. The molecular weight excluding hydrogens is 140 g/mol. The summed E-state index contributed by atoms with van der Waals surface area (Å²) in [7, 11) is 0. The van der Waals surface area contributed by atoms with Gasteiger partial charge in [0.05, 0.1) is 0 Å². The fraction of sp³-hybridized carbons (Fsp3) is 0.778. The van der Waals surface area contributed by atoms with Gasteiger partial charge in [0.25, 0.3) is 0 Å². The van der Waals surface area contributed by atoms with Crippen molar-refractivity contribution in [1.29, 1.82) is 0 Å². The van der Waals surface area contributed by atoms with Gasteiger partial charge < -0.3 is 0 Å². The van der Waals surface area contributed by atoms with E-state index in [0.717, 1.165) is 18.1 Å². The maximum atomic E-state index is 5.11. The Hall–Kier alpha value is -0.0900. The first-order valence-corrected chi connectivity index (χ1v) is 4.98. The van der Waals surface area contributed by atoms with Gasteiger partial charge in [-0.15, -0.1) is 12.3 Å². The molecule has 0 saturated heterocycles. The highest BCUT2D eigenvalue weighted by atomic mass is 32.2.